The fraction of sp³-hybridized carbons (Fsp3) is 0.500. The molecule has 0 aliphatic heterocycles. The van der Waals surface area contributed by atoms with Crippen molar-refractivity contribution in [3.05, 3.63) is 29.3 Å². The molecule has 3 heteroatoms. The van der Waals surface area contributed by atoms with Crippen molar-refractivity contribution in [2.24, 2.45) is 5.92 Å². The van der Waals surface area contributed by atoms with Gasteiger partial charge < -0.3 is 10.8 Å². The molecule has 17 heavy (non-hydrogen) atoms. The summed E-state index contributed by atoms with van der Waals surface area (Å²) in [7, 11) is 0. The lowest BCUT2D eigenvalue weighted by Gasteiger charge is -2.33. The van der Waals surface area contributed by atoms with E-state index in [-0.39, 0.29) is 5.41 Å². The van der Waals surface area contributed by atoms with Crippen LogP contribution in [0, 0.1) is 5.92 Å². The second-order valence-corrected chi connectivity index (χ2v) is 5.14. The van der Waals surface area contributed by atoms with Gasteiger partial charge in [-0.25, -0.2) is 4.79 Å². The molecule has 0 saturated carbocycles. The normalized spacial score (nSPS) is 13.4. The van der Waals surface area contributed by atoms with E-state index < -0.39 is 5.97 Å². The summed E-state index contributed by atoms with van der Waals surface area (Å²) in [6.45, 7) is 8.39. The minimum absolute atomic E-state index is 0.197. The van der Waals surface area contributed by atoms with Gasteiger partial charge in [-0.2, -0.15) is 0 Å². The standard InChI is InChI=1S/C14H21NO2/c1-5-9(2)14(3,4)12-8-10(15)6-7-11(12)13(16)17/h6-9H,5,15H2,1-4H3,(H,16,17). The van der Waals surface area contributed by atoms with Crippen LogP contribution in [0.3, 0.4) is 0 Å². The van der Waals surface area contributed by atoms with Crippen molar-refractivity contribution in [1.29, 1.82) is 0 Å². The Balaban J connectivity index is 3.37. The maximum atomic E-state index is 11.2. The van der Waals surface area contributed by atoms with Crippen LogP contribution < -0.4 is 5.73 Å². The van der Waals surface area contributed by atoms with Crippen molar-refractivity contribution >= 4 is 11.7 Å². The van der Waals surface area contributed by atoms with E-state index in [1.807, 2.05) is 0 Å². The lowest BCUT2D eigenvalue weighted by molar-refractivity contribution is 0.0693. The molecule has 3 N–H and O–H groups in total. The van der Waals surface area contributed by atoms with E-state index in [0.717, 1.165) is 12.0 Å². The predicted octanol–water partition coefficient (Wildman–Crippen LogP) is 3.29. The number of nitrogen functional groups attached to an aromatic ring is 1. The topological polar surface area (TPSA) is 63.3 Å². The van der Waals surface area contributed by atoms with Gasteiger partial charge in [0.1, 0.15) is 0 Å². The molecule has 0 fully saturated rings. The molecular formula is C14H21NO2. The fourth-order valence-corrected chi connectivity index (χ4v) is 2.06. The van der Waals surface area contributed by atoms with Gasteiger partial charge in [0.25, 0.3) is 0 Å². The maximum absolute atomic E-state index is 11.2. The van der Waals surface area contributed by atoms with E-state index in [1.54, 1.807) is 18.2 Å². The van der Waals surface area contributed by atoms with E-state index >= 15 is 0 Å². The van der Waals surface area contributed by atoms with Gasteiger partial charge in [0.15, 0.2) is 0 Å². The van der Waals surface area contributed by atoms with Gasteiger partial charge in [0, 0.05) is 5.69 Å². The Morgan fingerprint density at radius 1 is 1.47 bits per heavy atom. The first-order chi connectivity index (χ1) is 7.80. The molecule has 0 aromatic heterocycles. The highest BCUT2D eigenvalue weighted by Crippen LogP contribution is 2.36. The number of benzene rings is 1. The lowest BCUT2D eigenvalue weighted by atomic mass is 9.71. The van der Waals surface area contributed by atoms with Gasteiger partial charge in [-0.3, -0.25) is 0 Å². The molecule has 1 aromatic carbocycles. The highest BCUT2D eigenvalue weighted by atomic mass is 16.4. The van der Waals surface area contributed by atoms with Crippen molar-refractivity contribution in [1.82, 2.24) is 0 Å². The number of aromatic carboxylic acids is 1. The van der Waals surface area contributed by atoms with Crippen LogP contribution in [0.15, 0.2) is 18.2 Å². The second-order valence-electron chi connectivity index (χ2n) is 5.14. The van der Waals surface area contributed by atoms with Crippen LogP contribution in [0.25, 0.3) is 0 Å². The lowest BCUT2D eigenvalue weighted by Crippen LogP contribution is -2.28. The summed E-state index contributed by atoms with van der Waals surface area (Å²) in [6.07, 6.45) is 1.00. The van der Waals surface area contributed by atoms with Crippen molar-refractivity contribution in [2.45, 2.75) is 39.5 Å². The Hall–Kier alpha value is -1.51. The molecule has 0 aliphatic rings. The molecule has 0 aliphatic carbocycles. The number of carboxylic acids is 1. The predicted molar refractivity (Wildman–Crippen MR) is 70.3 cm³/mol. The first-order valence-electron chi connectivity index (χ1n) is 5.94. The summed E-state index contributed by atoms with van der Waals surface area (Å²) in [5.41, 5.74) is 7.36. The summed E-state index contributed by atoms with van der Waals surface area (Å²) in [5.74, 6) is -0.501. The first kappa shape index (κ1) is 13.6. The van der Waals surface area contributed by atoms with Crippen molar-refractivity contribution in [3.8, 4) is 0 Å². The van der Waals surface area contributed by atoms with Crippen LogP contribution in [-0.4, -0.2) is 11.1 Å². The number of anilines is 1. The smallest absolute Gasteiger partial charge is 0.335 e. The van der Waals surface area contributed by atoms with E-state index in [1.165, 1.54) is 0 Å². The van der Waals surface area contributed by atoms with E-state index in [0.29, 0.717) is 17.2 Å². The molecule has 0 bridgehead atoms. The highest BCUT2D eigenvalue weighted by molar-refractivity contribution is 5.90. The zero-order valence-electron chi connectivity index (χ0n) is 10.9. The molecule has 1 atom stereocenters. The molecule has 0 spiro atoms. The maximum Gasteiger partial charge on any atom is 0.335 e. The molecule has 94 valence electrons. The molecular weight excluding hydrogens is 214 g/mol. The first-order valence-corrected chi connectivity index (χ1v) is 5.94. The molecule has 3 nitrogen and oxygen atoms in total. The zero-order valence-corrected chi connectivity index (χ0v) is 10.9. The summed E-state index contributed by atoms with van der Waals surface area (Å²) in [5, 5.41) is 9.23. The van der Waals surface area contributed by atoms with Gasteiger partial charge in [-0.1, -0.05) is 34.1 Å². The van der Waals surface area contributed by atoms with Crippen LogP contribution in [0.5, 0.6) is 0 Å². The van der Waals surface area contributed by atoms with E-state index in [9.17, 15) is 9.90 Å². The van der Waals surface area contributed by atoms with Crippen molar-refractivity contribution in [3.63, 3.8) is 0 Å². The zero-order chi connectivity index (χ0) is 13.2. The number of nitrogens with two attached hydrogens (primary N) is 1. The second kappa shape index (κ2) is 4.78. The van der Waals surface area contributed by atoms with Crippen LogP contribution in [-0.2, 0) is 5.41 Å². The average Bonchev–Trinajstić information content (AvgIpc) is 2.27. The summed E-state index contributed by atoms with van der Waals surface area (Å²) in [6, 6.07) is 5.02. The molecule has 1 unspecified atom stereocenters. The third-order valence-electron chi connectivity index (χ3n) is 3.81. The van der Waals surface area contributed by atoms with Crippen molar-refractivity contribution < 1.29 is 9.90 Å². The summed E-state index contributed by atoms with van der Waals surface area (Å²) < 4.78 is 0. The third kappa shape index (κ3) is 2.60. The summed E-state index contributed by atoms with van der Waals surface area (Å²) >= 11 is 0. The monoisotopic (exact) mass is 235 g/mol. The average molecular weight is 235 g/mol. The van der Waals surface area contributed by atoms with Crippen LogP contribution in [0.4, 0.5) is 5.69 Å². The van der Waals surface area contributed by atoms with Gasteiger partial charge in [-0.15, -0.1) is 0 Å². The summed E-state index contributed by atoms with van der Waals surface area (Å²) in [4.78, 5) is 11.2. The molecule has 0 amide bonds. The number of hydrogen-bond acceptors (Lipinski definition) is 2. The van der Waals surface area contributed by atoms with Gasteiger partial charge in [0.05, 0.1) is 5.56 Å². The Kier molecular flexibility index (Phi) is 3.81. The van der Waals surface area contributed by atoms with E-state index in [4.69, 9.17) is 5.73 Å². The van der Waals surface area contributed by atoms with Gasteiger partial charge in [-0.05, 0) is 35.1 Å². The molecule has 0 saturated heterocycles. The SMILES string of the molecule is CCC(C)C(C)(C)c1cc(N)ccc1C(=O)O. The van der Waals surface area contributed by atoms with Gasteiger partial charge in [0.2, 0.25) is 0 Å². The molecule has 1 rings (SSSR count). The Morgan fingerprint density at radius 2 is 2.06 bits per heavy atom. The van der Waals surface area contributed by atoms with Gasteiger partial charge >= 0.3 is 5.97 Å². The minimum Gasteiger partial charge on any atom is -0.478 e. The Labute approximate surface area is 103 Å². The third-order valence-corrected chi connectivity index (χ3v) is 3.81. The van der Waals surface area contributed by atoms with Crippen LogP contribution in [0.2, 0.25) is 0 Å². The fourth-order valence-electron chi connectivity index (χ4n) is 2.06. The Bertz CT molecular complexity index is 424. The molecule has 1 aromatic rings. The van der Waals surface area contributed by atoms with Crippen LogP contribution >= 0.6 is 0 Å². The quantitative estimate of drug-likeness (QED) is 0.787. The number of carbonyl (C=O) groups is 1. The van der Waals surface area contributed by atoms with Crippen LogP contribution in [0.1, 0.15) is 50.0 Å². The number of rotatable bonds is 4. The largest absolute Gasteiger partial charge is 0.478 e. The van der Waals surface area contributed by atoms with E-state index in [2.05, 4.69) is 27.7 Å². The Morgan fingerprint density at radius 3 is 2.53 bits per heavy atom. The van der Waals surface area contributed by atoms with Crippen molar-refractivity contribution in [2.75, 3.05) is 5.73 Å². The molecule has 0 heterocycles. The minimum atomic E-state index is -0.892. The highest BCUT2D eigenvalue weighted by Gasteiger charge is 2.30. The number of hydrogen-bond donors (Lipinski definition) is 2. The molecule has 0 radical (unpaired) electrons. The number of carboxylic acid groups (broad SMARTS) is 1.